The topological polar surface area (TPSA) is 75.4 Å². The molecule has 1 aromatic rings. The van der Waals surface area contributed by atoms with E-state index in [0.29, 0.717) is 24.6 Å². The molecular weight excluding hydrogens is 220 g/mol. The van der Waals surface area contributed by atoms with E-state index in [4.69, 9.17) is 9.47 Å². The SMILES string of the molecule is COc1cccc(C(O)C2(C#N)CCOC2)n1. The minimum atomic E-state index is -0.954. The van der Waals surface area contributed by atoms with Gasteiger partial charge in [0.15, 0.2) is 0 Å². The quantitative estimate of drug-likeness (QED) is 0.846. The first-order chi connectivity index (χ1) is 8.22. The van der Waals surface area contributed by atoms with Gasteiger partial charge in [-0.1, -0.05) is 6.07 Å². The molecule has 0 amide bonds. The number of hydrogen-bond acceptors (Lipinski definition) is 5. The van der Waals surface area contributed by atoms with Gasteiger partial charge in [0.2, 0.25) is 5.88 Å². The van der Waals surface area contributed by atoms with E-state index in [2.05, 4.69) is 11.1 Å². The molecular formula is C12H14N2O3. The molecule has 17 heavy (non-hydrogen) atoms. The number of nitriles is 1. The van der Waals surface area contributed by atoms with Crippen molar-refractivity contribution in [1.82, 2.24) is 4.98 Å². The summed E-state index contributed by atoms with van der Waals surface area (Å²) in [4.78, 5) is 4.15. The number of nitrogens with zero attached hydrogens (tertiary/aromatic N) is 2. The third kappa shape index (κ3) is 2.09. The van der Waals surface area contributed by atoms with Crippen molar-refractivity contribution in [1.29, 1.82) is 5.26 Å². The van der Waals surface area contributed by atoms with Crippen LogP contribution in [-0.4, -0.2) is 30.4 Å². The summed E-state index contributed by atoms with van der Waals surface area (Å²) in [5, 5.41) is 19.5. The first-order valence-electron chi connectivity index (χ1n) is 5.40. The summed E-state index contributed by atoms with van der Waals surface area (Å²) in [6.07, 6.45) is -0.436. The number of ether oxygens (including phenoxy) is 2. The van der Waals surface area contributed by atoms with Crippen LogP contribution in [0.4, 0.5) is 0 Å². The molecule has 5 heteroatoms. The van der Waals surface area contributed by atoms with E-state index >= 15 is 0 Å². The maximum atomic E-state index is 10.3. The average molecular weight is 234 g/mol. The lowest BCUT2D eigenvalue weighted by atomic mass is 9.81. The highest BCUT2D eigenvalue weighted by Gasteiger charge is 2.43. The molecule has 0 radical (unpaired) electrons. The predicted octanol–water partition coefficient (Wildman–Crippen LogP) is 1.05. The fourth-order valence-electron chi connectivity index (χ4n) is 1.93. The van der Waals surface area contributed by atoms with Crippen molar-refractivity contribution in [2.45, 2.75) is 12.5 Å². The first-order valence-corrected chi connectivity index (χ1v) is 5.40. The normalized spacial score (nSPS) is 25.2. The molecule has 2 heterocycles. The summed E-state index contributed by atoms with van der Waals surface area (Å²) in [5.41, 5.74) is -0.448. The Morgan fingerprint density at radius 2 is 2.47 bits per heavy atom. The van der Waals surface area contributed by atoms with Gasteiger partial charge >= 0.3 is 0 Å². The highest BCUT2D eigenvalue weighted by Crippen LogP contribution is 2.40. The molecule has 2 rings (SSSR count). The van der Waals surface area contributed by atoms with Crippen LogP contribution in [0.15, 0.2) is 18.2 Å². The Kier molecular flexibility index (Phi) is 3.27. The summed E-state index contributed by atoms with van der Waals surface area (Å²) in [7, 11) is 1.51. The lowest BCUT2D eigenvalue weighted by Crippen LogP contribution is -2.28. The molecule has 0 bridgehead atoms. The minimum absolute atomic E-state index is 0.240. The Balaban J connectivity index is 2.29. The van der Waals surface area contributed by atoms with E-state index in [1.165, 1.54) is 7.11 Å². The second-order valence-electron chi connectivity index (χ2n) is 4.08. The third-order valence-electron chi connectivity index (χ3n) is 3.03. The number of aliphatic hydroxyl groups is 1. The highest BCUT2D eigenvalue weighted by atomic mass is 16.5. The van der Waals surface area contributed by atoms with Crippen molar-refractivity contribution in [2.24, 2.45) is 5.41 Å². The van der Waals surface area contributed by atoms with Gasteiger partial charge < -0.3 is 14.6 Å². The molecule has 1 fully saturated rings. The van der Waals surface area contributed by atoms with Crippen molar-refractivity contribution >= 4 is 0 Å². The van der Waals surface area contributed by atoms with Crippen LogP contribution in [0, 0.1) is 16.7 Å². The van der Waals surface area contributed by atoms with Crippen molar-refractivity contribution in [3.63, 3.8) is 0 Å². The van der Waals surface area contributed by atoms with Crippen molar-refractivity contribution < 1.29 is 14.6 Å². The van der Waals surface area contributed by atoms with Gasteiger partial charge in [-0.3, -0.25) is 0 Å². The minimum Gasteiger partial charge on any atom is -0.481 e. The number of hydrogen-bond donors (Lipinski definition) is 1. The Labute approximate surface area is 99.6 Å². The van der Waals surface area contributed by atoms with Gasteiger partial charge in [0.25, 0.3) is 0 Å². The number of aliphatic hydroxyl groups excluding tert-OH is 1. The van der Waals surface area contributed by atoms with E-state index < -0.39 is 11.5 Å². The molecule has 0 aromatic carbocycles. The zero-order valence-electron chi connectivity index (χ0n) is 9.59. The molecule has 1 aliphatic rings. The van der Waals surface area contributed by atoms with E-state index in [1.54, 1.807) is 18.2 Å². The fraction of sp³-hybridized carbons (Fsp3) is 0.500. The highest BCUT2D eigenvalue weighted by molar-refractivity contribution is 5.22. The van der Waals surface area contributed by atoms with E-state index in [0.717, 1.165) is 0 Å². The molecule has 2 atom stereocenters. The van der Waals surface area contributed by atoms with Crippen LogP contribution >= 0.6 is 0 Å². The van der Waals surface area contributed by atoms with Gasteiger partial charge in [-0.05, 0) is 12.5 Å². The molecule has 1 saturated heterocycles. The molecule has 90 valence electrons. The third-order valence-corrected chi connectivity index (χ3v) is 3.03. The molecule has 0 aliphatic carbocycles. The van der Waals surface area contributed by atoms with Gasteiger partial charge in [0.1, 0.15) is 11.5 Å². The number of pyridine rings is 1. The number of aromatic nitrogens is 1. The van der Waals surface area contributed by atoms with Crippen LogP contribution < -0.4 is 4.74 Å². The van der Waals surface area contributed by atoms with Crippen LogP contribution in [0.3, 0.4) is 0 Å². The maximum absolute atomic E-state index is 10.3. The van der Waals surface area contributed by atoms with Crippen LogP contribution in [0.2, 0.25) is 0 Å². The zero-order valence-corrected chi connectivity index (χ0v) is 9.59. The second-order valence-corrected chi connectivity index (χ2v) is 4.08. The zero-order chi connectivity index (χ0) is 12.3. The van der Waals surface area contributed by atoms with Crippen LogP contribution in [0.1, 0.15) is 18.2 Å². The lowest BCUT2D eigenvalue weighted by molar-refractivity contribution is 0.0469. The van der Waals surface area contributed by atoms with Crippen molar-refractivity contribution in [3.05, 3.63) is 23.9 Å². The molecule has 2 unspecified atom stereocenters. The maximum Gasteiger partial charge on any atom is 0.213 e. The number of methoxy groups -OCH3 is 1. The van der Waals surface area contributed by atoms with Crippen LogP contribution in [0.25, 0.3) is 0 Å². The van der Waals surface area contributed by atoms with E-state index in [9.17, 15) is 10.4 Å². The van der Waals surface area contributed by atoms with Crippen molar-refractivity contribution in [3.8, 4) is 11.9 Å². The molecule has 1 N–H and O–H groups in total. The molecule has 5 nitrogen and oxygen atoms in total. The molecule has 0 saturated carbocycles. The fourth-order valence-corrected chi connectivity index (χ4v) is 1.93. The van der Waals surface area contributed by atoms with Gasteiger partial charge in [-0.2, -0.15) is 5.26 Å². The van der Waals surface area contributed by atoms with Gasteiger partial charge in [0, 0.05) is 12.7 Å². The smallest absolute Gasteiger partial charge is 0.213 e. The first kappa shape index (κ1) is 11.8. The summed E-state index contributed by atoms with van der Waals surface area (Å²) < 4.78 is 10.2. The molecule has 0 spiro atoms. The van der Waals surface area contributed by atoms with Gasteiger partial charge in [-0.15, -0.1) is 0 Å². The summed E-state index contributed by atoms with van der Waals surface area (Å²) in [6.45, 7) is 0.734. The van der Waals surface area contributed by atoms with Crippen LogP contribution in [-0.2, 0) is 4.74 Å². The lowest BCUT2D eigenvalue weighted by Gasteiger charge is -2.24. The Morgan fingerprint density at radius 3 is 3.06 bits per heavy atom. The van der Waals surface area contributed by atoms with Crippen LogP contribution in [0.5, 0.6) is 5.88 Å². The van der Waals surface area contributed by atoms with E-state index in [-0.39, 0.29) is 6.61 Å². The van der Waals surface area contributed by atoms with Crippen molar-refractivity contribution in [2.75, 3.05) is 20.3 Å². The molecule has 1 aromatic heterocycles. The van der Waals surface area contributed by atoms with Gasteiger partial charge in [0.05, 0.1) is 25.5 Å². The van der Waals surface area contributed by atoms with E-state index in [1.807, 2.05) is 0 Å². The summed E-state index contributed by atoms with van der Waals surface area (Å²) in [6, 6.07) is 7.28. The predicted molar refractivity (Wildman–Crippen MR) is 59.2 cm³/mol. The average Bonchev–Trinajstić information content (AvgIpc) is 2.88. The Hall–Kier alpha value is -1.64. The monoisotopic (exact) mass is 234 g/mol. The van der Waals surface area contributed by atoms with Gasteiger partial charge in [-0.25, -0.2) is 4.98 Å². The number of rotatable bonds is 3. The second kappa shape index (κ2) is 4.70. The largest absolute Gasteiger partial charge is 0.481 e. The standard InChI is InChI=1S/C12H14N2O3/c1-16-10-4-2-3-9(14-10)11(15)12(7-13)5-6-17-8-12/h2-4,11,15H,5-6,8H2,1H3. The summed E-state index contributed by atoms with van der Waals surface area (Å²) >= 11 is 0. The Bertz CT molecular complexity index is 436. The Morgan fingerprint density at radius 1 is 1.65 bits per heavy atom. The summed E-state index contributed by atoms with van der Waals surface area (Å²) in [5.74, 6) is 0.425. The molecule has 1 aliphatic heterocycles.